The van der Waals surface area contributed by atoms with Crippen molar-refractivity contribution in [2.75, 3.05) is 20.3 Å². The molecule has 1 saturated carbocycles. The fourth-order valence-electron chi connectivity index (χ4n) is 2.36. The topological polar surface area (TPSA) is 44.8 Å². The summed E-state index contributed by atoms with van der Waals surface area (Å²) < 4.78 is 15.9. The van der Waals surface area contributed by atoms with E-state index in [1.165, 1.54) is 7.11 Å². The van der Waals surface area contributed by atoms with Crippen LogP contribution in [0.15, 0.2) is 0 Å². The summed E-state index contributed by atoms with van der Waals surface area (Å²) in [6.07, 6.45) is 2.64. The highest BCUT2D eigenvalue weighted by atomic mass is 16.7. The smallest absolute Gasteiger partial charge is 0.317 e. The third-order valence-corrected chi connectivity index (χ3v) is 3.49. The van der Waals surface area contributed by atoms with Crippen molar-refractivity contribution in [2.24, 2.45) is 5.41 Å². The van der Waals surface area contributed by atoms with E-state index in [9.17, 15) is 4.79 Å². The molecule has 4 nitrogen and oxygen atoms in total. The monoisotopic (exact) mass is 200 g/mol. The van der Waals surface area contributed by atoms with Crippen LogP contribution in [-0.4, -0.2) is 32.1 Å². The summed E-state index contributed by atoms with van der Waals surface area (Å²) in [4.78, 5) is 11.7. The summed E-state index contributed by atoms with van der Waals surface area (Å²) in [5.74, 6) is -0.966. The van der Waals surface area contributed by atoms with Gasteiger partial charge in [-0.25, -0.2) is 0 Å². The van der Waals surface area contributed by atoms with Crippen LogP contribution >= 0.6 is 0 Å². The highest BCUT2D eigenvalue weighted by Crippen LogP contribution is 2.53. The first kappa shape index (κ1) is 9.93. The molecule has 4 heteroatoms. The van der Waals surface area contributed by atoms with Gasteiger partial charge in [0, 0.05) is 0 Å². The van der Waals surface area contributed by atoms with Gasteiger partial charge in [0.1, 0.15) is 5.41 Å². The zero-order valence-corrected chi connectivity index (χ0v) is 8.67. The lowest BCUT2D eigenvalue weighted by molar-refractivity contribution is -0.253. The van der Waals surface area contributed by atoms with Gasteiger partial charge in [0.15, 0.2) is 5.79 Å². The van der Waals surface area contributed by atoms with Crippen molar-refractivity contribution in [1.29, 1.82) is 0 Å². The molecule has 0 unspecified atom stereocenters. The second-order valence-electron chi connectivity index (χ2n) is 4.07. The molecule has 0 amide bonds. The first-order valence-corrected chi connectivity index (χ1v) is 5.01. The van der Waals surface area contributed by atoms with Gasteiger partial charge in [-0.15, -0.1) is 0 Å². The van der Waals surface area contributed by atoms with E-state index in [1.807, 2.05) is 6.92 Å². The van der Waals surface area contributed by atoms with Crippen molar-refractivity contribution >= 4 is 5.97 Å². The fourth-order valence-corrected chi connectivity index (χ4v) is 2.36. The molecule has 0 atom stereocenters. The van der Waals surface area contributed by atoms with E-state index in [2.05, 4.69) is 0 Å². The van der Waals surface area contributed by atoms with Gasteiger partial charge in [0.2, 0.25) is 0 Å². The van der Waals surface area contributed by atoms with Crippen LogP contribution < -0.4 is 0 Å². The maximum atomic E-state index is 11.7. The molecule has 0 radical (unpaired) electrons. The van der Waals surface area contributed by atoms with E-state index < -0.39 is 11.2 Å². The minimum Gasteiger partial charge on any atom is -0.468 e. The number of carbonyl (C=O) groups excluding carboxylic acids is 1. The zero-order valence-electron chi connectivity index (χ0n) is 8.67. The molecule has 2 aliphatic rings. The summed E-state index contributed by atoms with van der Waals surface area (Å²) in [6.45, 7) is 2.97. The van der Waals surface area contributed by atoms with Crippen molar-refractivity contribution < 1.29 is 19.0 Å². The maximum Gasteiger partial charge on any atom is 0.317 e. The lowest BCUT2D eigenvalue weighted by Gasteiger charge is -2.48. The number of ether oxygens (including phenoxy) is 3. The van der Waals surface area contributed by atoms with E-state index in [4.69, 9.17) is 14.2 Å². The zero-order chi connectivity index (χ0) is 10.2. The average molecular weight is 200 g/mol. The van der Waals surface area contributed by atoms with Crippen molar-refractivity contribution in [3.63, 3.8) is 0 Å². The number of rotatable bonds is 2. The molecule has 1 heterocycles. The van der Waals surface area contributed by atoms with E-state index in [-0.39, 0.29) is 5.97 Å². The molecule has 1 aliphatic carbocycles. The standard InChI is InChI=1S/C10H16O4/c1-9(13-6-7-14-9)10(4-3-5-10)8(11)12-2/h3-7H2,1-2H3. The van der Waals surface area contributed by atoms with Gasteiger partial charge in [0.25, 0.3) is 0 Å². The van der Waals surface area contributed by atoms with Crippen LogP contribution in [-0.2, 0) is 19.0 Å². The van der Waals surface area contributed by atoms with E-state index in [0.717, 1.165) is 19.3 Å². The van der Waals surface area contributed by atoms with Gasteiger partial charge < -0.3 is 14.2 Å². The molecule has 0 aromatic rings. The number of esters is 1. The third kappa shape index (κ3) is 1.10. The Balaban J connectivity index is 2.23. The SMILES string of the molecule is COC(=O)C1(C2(C)OCCO2)CCC1. The van der Waals surface area contributed by atoms with Crippen LogP contribution in [0.5, 0.6) is 0 Å². The van der Waals surface area contributed by atoms with E-state index >= 15 is 0 Å². The minimum absolute atomic E-state index is 0.201. The van der Waals surface area contributed by atoms with Crippen LogP contribution in [0.1, 0.15) is 26.2 Å². The van der Waals surface area contributed by atoms with Gasteiger partial charge in [-0.1, -0.05) is 6.42 Å². The molecule has 0 spiro atoms. The molecule has 0 aromatic carbocycles. The molecule has 2 rings (SSSR count). The molecular formula is C10H16O4. The van der Waals surface area contributed by atoms with Gasteiger partial charge in [-0.2, -0.15) is 0 Å². The van der Waals surface area contributed by atoms with Gasteiger partial charge in [0.05, 0.1) is 20.3 Å². The molecule has 2 fully saturated rings. The summed E-state index contributed by atoms with van der Waals surface area (Å²) in [5, 5.41) is 0. The molecule has 1 saturated heterocycles. The Kier molecular flexibility index (Phi) is 2.27. The summed E-state index contributed by atoms with van der Waals surface area (Å²) in [7, 11) is 1.42. The molecule has 14 heavy (non-hydrogen) atoms. The van der Waals surface area contributed by atoms with Gasteiger partial charge >= 0.3 is 5.97 Å². The summed E-state index contributed by atoms with van der Waals surface area (Å²) >= 11 is 0. The largest absolute Gasteiger partial charge is 0.468 e. The van der Waals surface area contributed by atoms with Crippen molar-refractivity contribution in [3.8, 4) is 0 Å². The highest BCUT2D eigenvalue weighted by Gasteiger charge is 2.61. The second-order valence-corrected chi connectivity index (χ2v) is 4.07. The average Bonchev–Trinajstić information content (AvgIpc) is 2.50. The Morgan fingerprint density at radius 3 is 2.21 bits per heavy atom. The van der Waals surface area contributed by atoms with Crippen molar-refractivity contribution in [1.82, 2.24) is 0 Å². The van der Waals surface area contributed by atoms with Crippen LogP contribution in [0.3, 0.4) is 0 Å². The molecule has 0 aromatic heterocycles. The summed E-state index contributed by atoms with van der Waals surface area (Å²) in [5.41, 5.74) is -0.557. The number of hydrogen-bond donors (Lipinski definition) is 0. The first-order chi connectivity index (χ1) is 6.65. The summed E-state index contributed by atoms with van der Waals surface area (Å²) in [6, 6.07) is 0. The van der Waals surface area contributed by atoms with Crippen LogP contribution in [0.4, 0.5) is 0 Å². The van der Waals surface area contributed by atoms with Gasteiger partial charge in [-0.05, 0) is 19.8 Å². The molecule has 0 bridgehead atoms. The molecule has 80 valence electrons. The number of hydrogen-bond acceptors (Lipinski definition) is 4. The Bertz CT molecular complexity index is 239. The predicted molar refractivity (Wildman–Crippen MR) is 48.6 cm³/mol. The third-order valence-electron chi connectivity index (χ3n) is 3.49. The fraction of sp³-hybridized carbons (Fsp3) is 0.900. The Hall–Kier alpha value is -0.610. The van der Waals surface area contributed by atoms with E-state index in [0.29, 0.717) is 13.2 Å². The van der Waals surface area contributed by atoms with Crippen LogP contribution in [0, 0.1) is 5.41 Å². The molecule has 0 N–H and O–H groups in total. The van der Waals surface area contributed by atoms with Crippen molar-refractivity contribution in [3.05, 3.63) is 0 Å². The normalized spacial score (nSPS) is 28.1. The lowest BCUT2D eigenvalue weighted by atomic mass is 9.63. The first-order valence-electron chi connectivity index (χ1n) is 5.01. The molecule has 1 aliphatic heterocycles. The van der Waals surface area contributed by atoms with Gasteiger partial charge in [-0.3, -0.25) is 4.79 Å². The van der Waals surface area contributed by atoms with Crippen molar-refractivity contribution in [2.45, 2.75) is 32.0 Å². The van der Waals surface area contributed by atoms with Crippen LogP contribution in [0.25, 0.3) is 0 Å². The Morgan fingerprint density at radius 1 is 1.29 bits per heavy atom. The quantitative estimate of drug-likeness (QED) is 0.626. The molecular weight excluding hydrogens is 184 g/mol. The Labute approximate surface area is 83.5 Å². The minimum atomic E-state index is -0.766. The van der Waals surface area contributed by atoms with Crippen LogP contribution in [0.2, 0.25) is 0 Å². The highest BCUT2D eigenvalue weighted by molar-refractivity contribution is 5.79. The Morgan fingerprint density at radius 2 is 1.86 bits per heavy atom. The number of methoxy groups -OCH3 is 1. The second kappa shape index (κ2) is 3.21. The predicted octanol–water partition coefficient (Wildman–Crippen LogP) is 1.09. The van der Waals surface area contributed by atoms with E-state index in [1.54, 1.807) is 0 Å². The number of carbonyl (C=O) groups is 1. The lowest BCUT2D eigenvalue weighted by Crippen LogP contribution is -2.56. The maximum absolute atomic E-state index is 11.7.